The predicted octanol–water partition coefficient (Wildman–Crippen LogP) is 2.83. The molecule has 1 aliphatic heterocycles. The zero-order valence-corrected chi connectivity index (χ0v) is 16.0. The molecular weight excluding hydrogens is 363 g/mol. The van der Waals surface area contributed by atoms with Crippen LogP contribution in [0.1, 0.15) is 27.1 Å². The molecule has 148 valence electrons. The highest BCUT2D eigenvalue weighted by Gasteiger charge is 2.24. The number of carbonyl (C=O) groups excluding carboxylic acids is 2. The van der Waals surface area contributed by atoms with Crippen LogP contribution < -0.4 is 9.47 Å². The summed E-state index contributed by atoms with van der Waals surface area (Å²) in [6.45, 7) is 1.93. The van der Waals surface area contributed by atoms with Gasteiger partial charge >= 0.3 is 0 Å². The lowest BCUT2D eigenvalue weighted by Crippen LogP contribution is -2.37. The van der Waals surface area contributed by atoms with E-state index in [0.717, 1.165) is 0 Å². The van der Waals surface area contributed by atoms with Crippen LogP contribution in [-0.2, 0) is 0 Å². The Hall–Kier alpha value is -3.09. The van der Waals surface area contributed by atoms with Gasteiger partial charge in [0.1, 0.15) is 17.3 Å². The average molecular weight is 386 g/mol. The van der Waals surface area contributed by atoms with Crippen LogP contribution in [0.15, 0.2) is 42.5 Å². The standard InChI is InChI=1S/C21H23FN2O4/c1-27-18-12-16(13-19(14-18)28-2)21(26)24-9-3-8-23(10-11-24)20(25)15-4-6-17(22)7-5-15/h4-7,12-14H,3,8-11H2,1-2H3. The summed E-state index contributed by atoms with van der Waals surface area (Å²) in [5.74, 6) is 0.430. The van der Waals surface area contributed by atoms with Gasteiger partial charge in [0.05, 0.1) is 14.2 Å². The number of ether oxygens (including phenoxy) is 2. The fourth-order valence-corrected chi connectivity index (χ4v) is 3.21. The van der Waals surface area contributed by atoms with E-state index in [1.165, 1.54) is 38.5 Å². The van der Waals surface area contributed by atoms with Gasteiger partial charge in [0.15, 0.2) is 0 Å². The molecule has 0 bridgehead atoms. The SMILES string of the molecule is COc1cc(OC)cc(C(=O)N2CCCN(C(=O)c3ccc(F)cc3)CC2)c1. The quantitative estimate of drug-likeness (QED) is 0.811. The van der Waals surface area contributed by atoms with Crippen LogP contribution in [0.5, 0.6) is 11.5 Å². The highest BCUT2D eigenvalue weighted by Crippen LogP contribution is 2.24. The molecule has 0 saturated carbocycles. The van der Waals surface area contributed by atoms with Crippen molar-refractivity contribution in [2.75, 3.05) is 40.4 Å². The Labute approximate surface area is 163 Å². The Bertz CT molecular complexity index is 832. The summed E-state index contributed by atoms with van der Waals surface area (Å²) in [4.78, 5) is 29.0. The van der Waals surface area contributed by atoms with Crippen molar-refractivity contribution in [1.82, 2.24) is 9.80 Å². The number of amides is 2. The Morgan fingerprint density at radius 1 is 0.786 bits per heavy atom. The summed E-state index contributed by atoms with van der Waals surface area (Å²) >= 11 is 0. The predicted molar refractivity (Wildman–Crippen MR) is 102 cm³/mol. The van der Waals surface area contributed by atoms with E-state index in [4.69, 9.17) is 9.47 Å². The summed E-state index contributed by atoms with van der Waals surface area (Å²) in [6.07, 6.45) is 0.666. The Morgan fingerprint density at radius 2 is 1.29 bits per heavy atom. The van der Waals surface area contributed by atoms with E-state index in [1.54, 1.807) is 28.0 Å². The topological polar surface area (TPSA) is 59.1 Å². The molecule has 2 aromatic carbocycles. The molecule has 1 fully saturated rings. The fraction of sp³-hybridized carbons (Fsp3) is 0.333. The zero-order chi connectivity index (χ0) is 20.1. The zero-order valence-electron chi connectivity index (χ0n) is 16.0. The Morgan fingerprint density at radius 3 is 1.79 bits per heavy atom. The van der Waals surface area contributed by atoms with Crippen LogP contribution in [0.2, 0.25) is 0 Å². The van der Waals surface area contributed by atoms with Crippen LogP contribution in [0, 0.1) is 5.82 Å². The molecule has 0 spiro atoms. The molecule has 0 radical (unpaired) electrons. The average Bonchev–Trinajstić information content (AvgIpc) is 2.99. The molecular formula is C21H23FN2O4. The van der Waals surface area contributed by atoms with E-state index >= 15 is 0 Å². The van der Waals surface area contributed by atoms with Gasteiger partial charge in [-0.05, 0) is 42.8 Å². The van der Waals surface area contributed by atoms with Gasteiger partial charge in [-0.25, -0.2) is 4.39 Å². The smallest absolute Gasteiger partial charge is 0.254 e. The molecule has 2 aromatic rings. The van der Waals surface area contributed by atoms with Gasteiger partial charge in [0.25, 0.3) is 11.8 Å². The maximum absolute atomic E-state index is 13.1. The molecule has 0 aliphatic carbocycles. The van der Waals surface area contributed by atoms with Crippen molar-refractivity contribution in [3.05, 3.63) is 59.4 Å². The van der Waals surface area contributed by atoms with Crippen molar-refractivity contribution < 1.29 is 23.5 Å². The molecule has 7 heteroatoms. The molecule has 3 rings (SSSR count). The minimum Gasteiger partial charge on any atom is -0.497 e. The third kappa shape index (κ3) is 4.42. The lowest BCUT2D eigenvalue weighted by atomic mass is 10.1. The summed E-state index contributed by atoms with van der Waals surface area (Å²) in [6, 6.07) is 10.6. The molecule has 0 aromatic heterocycles. The number of halogens is 1. The van der Waals surface area contributed by atoms with Crippen LogP contribution in [0.3, 0.4) is 0 Å². The number of benzene rings is 2. The van der Waals surface area contributed by atoms with E-state index < -0.39 is 0 Å². The maximum atomic E-state index is 13.1. The minimum atomic E-state index is -0.377. The molecule has 0 unspecified atom stereocenters. The number of nitrogens with zero attached hydrogens (tertiary/aromatic N) is 2. The van der Waals surface area contributed by atoms with E-state index in [0.29, 0.717) is 55.2 Å². The number of carbonyl (C=O) groups is 2. The van der Waals surface area contributed by atoms with Gasteiger partial charge in [-0.1, -0.05) is 0 Å². The molecule has 2 amide bonds. The third-order valence-electron chi connectivity index (χ3n) is 4.76. The van der Waals surface area contributed by atoms with Gasteiger partial charge in [-0.3, -0.25) is 9.59 Å². The molecule has 6 nitrogen and oxygen atoms in total. The van der Waals surface area contributed by atoms with E-state index in [9.17, 15) is 14.0 Å². The summed E-state index contributed by atoms with van der Waals surface area (Å²) < 4.78 is 23.6. The summed E-state index contributed by atoms with van der Waals surface area (Å²) in [5, 5.41) is 0. The van der Waals surface area contributed by atoms with E-state index in [2.05, 4.69) is 0 Å². The highest BCUT2D eigenvalue weighted by molar-refractivity contribution is 5.96. The van der Waals surface area contributed by atoms with Crippen molar-refractivity contribution in [3.63, 3.8) is 0 Å². The van der Waals surface area contributed by atoms with Crippen LogP contribution >= 0.6 is 0 Å². The first-order valence-electron chi connectivity index (χ1n) is 9.09. The number of hydrogen-bond donors (Lipinski definition) is 0. The summed E-state index contributed by atoms with van der Waals surface area (Å²) in [7, 11) is 3.07. The molecule has 0 atom stereocenters. The highest BCUT2D eigenvalue weighted by atomic mass is 19.1. The molecule has 1 saturated heterocycles. The van der Waals surface area contributed by atoms with Gasteiger partial charge in [0.2, 0.25) is 0 Å². The van der Waals surface area contributed by atoms with Gasteiger partial charge < -0.3 is 19.3 Å². The van der Waals surface area contributed by atoms with Gasteiger partial charge in [0, 0.05) is 43.4 Å². The molecule has 0 N–H and O–H groups in total. The van der Waals surface area contributed by atoms with Crippen LogP contribution in [0.25, 0.3) is 0 Å². The van der Waals surface area contributed by atoms with Crippen molar-refractivity contribution in [2.24, 2.45) is 0 Å². The second-order valence-electron chi connectivity index (χ2n) is 6.55. The normalized spacial score (nSPS) is 14.4. The van der Waals surface area contributed by atoms with Crippen LogP contribution in [0.4, 0.5) is 4.39 Å². The lowest BCUT2D eigenvalue weighted by molar-refractivity contribution is 0.0718. The van der Waals surface area contributed by atoms with Gasteiger partial charge in [-0.2, -0.15) is 0 Å². The number of methoxy groups -OCH3 is 2. The van der Waals surface area contributed by atoms with E-state index in [1.807, 2.05) is 0 Å². The largest absolute Gasteiger partial charge is 0.497 e. The van der Waals surface area contributed by atoms with Crippen molar-refractivity contribution in [1.29, 1.82) is 0 Å². The number of hydrogen-bond acceptors (Lipinski definition) is 4. The second kappa shape index (κ2) is 8.73. The fourth-order valence-electron chi connectivity index (χ4n) is 3.21. The first-order chi connectivity index (χ1) is 13.5. The first-order valence-corrected chi connectivity index (χ1v) is 9.09. The second-order valence-corrected chi connectivity index (χ2v) is 6.55. The Kier molecular flexibility index (Phi) is 6.13. The molecule has 28 heavy (non-hydrogen) atoms. The Balaban J connectivity index is 1.70. The minimum absolute atomic E-state index is 0.131. The monoisotopic (exact) mass is 386 g/mol. The molecule has 1 aliphatic rings. The third-order valence-corrected chi connectivity index (χ3v) is 4.76. The van der Waals surface area contributed by atoms with Crippen molar-refractivity contribution in [3.8, 4) is 11.5 Å². The van der Waals surface area contributed by atoms with E-state index in [-0.39, 0.29) is 17.6 Å². The maximum Gasteiger partial charge on any atom is 0.254 e. The van der Waals surface area contributed by atoms with Crippen molar-refractivity contribution >= 4 is 11.8 Å². The lowest BCUT2D eigenvalue weighted by Gasteiger charge is -2.22. The van der Waals surface area contributed by atoms with Crippen molar-refractivity contribution in [2.45, 2.75) is 6.42 Å². The van der Waals surface area contributed by atoms with Crippen LogP contribution in [-0.4, -0.2) is 62.0 Å². The summed E-state index contributed by atoms with van der Waals surface area (Å²) in [5.41, 5.74) is 0.924. The number of rotatable bonds is 4. The first kappa shape index (κ1) is 19.7. The molecule has 1 heterocycles. The van der Waals surface area contributed by atoms with Gasteiger partial charge in [-0.15, -0.1) is 0 Å².